The molecule has 2 N–H and O–H groups in total. The SMILES string of the molecule is CSc1cccc(-n2c(=O)n([C@H]3CC[C@@H](NC(=O)CO)CC3)c(=O)c3cc(F)cnc32)c1. The van der Waals surface area contributed by atoms with Crippen LogP contribution in [0.5, 0.6) is 0 Å². The lowest BCUT2D eigenvalue weighted by Crippen LogP contribution is -2.45. The zero-order chi connectivity index (χ0) is 22.8. The van der Waals surface area contributed by atoms with E-state index in [4.69, 9.17) is 5.11 Å². The Hall–Kier alpha value is -2.98. The van der Waals surface area contributed by atoms with Crippen molar-refractivity contribution >= 4 is 28.7 Å². The van der Waals surface area contributed by atoms with Gasteiger partial charge in [0.25, 0.3) is 5.56 Å². The molecule has 1 fully saturated rings. The van der Waals surface area contributed by atoms with Gasteiger partial charge in [-0.1, -0.05) is 6.07 Å². The largest absolute Gasteiger partial charge is 0.387 e. The van der Waals surface area contributed by atoms with Crippen molar-refractivity contribution in [1.82, 2.24) is 19.4 Å². The van der Waals surface area contributed by atoms with E-state index >= 15 is 0 Å². The lowest BCUT2D eigenvalue weighted by molar-refractivity contribution is -0.124. The Kier molecular flexibility index (Phi) is 6.43. The minimum atomic E-state index is -0.653. The van der Waals surface area contributed by atoms with E-state index in [1.165, 1.54) is 20.9 Å². The number of benzene rings is 1. The molecule has 0 unspecified atom stereocenters. The third-order valence-corrected chi connectivity index (χ3v) is 6.50. The summed E-state index contributed by atoms with van der Waals surface area (Å²) in [5.74, 6) is -1.10. The Morgan fingerprint density at radius 1 is 1.25 bits per heavy atom. The number of rotatable bonds is 5. The minimum Gasteiger partial charge on any atom is -0.387 e. The van der Waals surface area contributed by atoms with Gasteiger partial charge in [0.1, 0.15) is 12.4 Å². The number of pyridine rings is 1. The maximum Gasteiger partial charge on any atom is 0.337 e. The van der Waals surface area contributed by atoms with Crippen molar-refractivity contribution in [2.24, 2.45) is 0 Å². The van der Waals surface area contributed by atoms with Gasteiger partial charge < -0.3 is 10.4 Å². The number of carbonyl (C=O) groups is 1. The molecule has 1 amide bonds. The summed E-state index contributed by atoms with van der Waals surface area (Å²) >= 11 is 1.52. The van der Waals surface area contributed by atoms with Crippen LogP contribution in [0.4, 0.5) is 4.39 Å². The van der Waals surface area contributed by atoms with E-state index in [0.29, 0.717) is 31.4 Å². The Morgan fingerprint density at radius 2 is 2.00 bits per heavy atom. The van der Waals surface area contributed by atoms with Crippen LogP contribution in [0.25, 0.3) is 16.7 Å². The molecule has 168 valence electrons. The van der Waals surface area contributed by atoms with Gasteiger partial charge in [-0.25, -0.2) is 18.7 Å². The summed E-state index contributed by atoms with van der Waals surface area (Å²) in [6.07, 6.45) is 5.01. The van der Waals surface area contributed by atoms with Gasteiger partial charge in [0.05, 0.1) is 17.3 Å². The second-order valence-corrected chi connectivity index (χ2v) is 8.63. The van der Waals surface area contributed by atoms with E-state index in [-0.39, 0.29) is 23.1 Å². The molecule has 10 heteroatoms. The van der Waals surface area contributed by atoms with Crippen molar-refractivity contribution in [2.75, 3.05) is 12.9 Å². The molecule has 0 saturated heterocycles. The number of hydrogen-bond acceptors (Lipinski definition) is 6. The lowest BCUT2D eigenvalue weighted by atomic mass is 9.91. The zero-order valence-electron chi connectivity index (χ0n) is 17.5. The topological polar surface area (TPSA) is 106 Å². The summed E-state index contributed by atoms with van der Waals surface area (Å²) in [6, 6.07) is 7.90. The maximum atomic E-state index is 14.0. The van der Waals surface area contributed by atoms with Crippen LogP contribution in [0.1, 0.15) is 31.7 Å². The monoisotopic (exact) mass is 458 g/mol. The molecule has 1 aliphatic carbocycles. The first-order valence-corrected chi connectivity index (χ1v) is 11.5. The molecule has 2 aromatic heterocycles. The van der Waals surface area contributed by atoms with Crippen LogP contribution in [-0.4, -0.2) is 44.0 Å². The predicted molar refractivity (Wildman–Crippen MR) is 120 cm³/mol. The number of aliphatic hydroxyl groups excluding tert-OH is 1. The van der Waals surface area contributed by atoms with Crippen LogP contribution in [0.3, 0.4) is 0 Å². The summed E-state index contributed by atoms with van der Waals surface area (Å²) < 4.78 is 16.5. The fourth-order valence-electron chi connectivity index (χ4n) is 4.24. The van der Waals surface area contributed by atoms with Gasteiger partial charge >= 0.3 is 5.69 Å². The number of halogens is 1. The van der Waals surface area contributed by atoms with Crippen LogP contribution in [0, 0.1) is 5.82 Å². The van der Waals surface area contributed by atoms with Crippen molar-refractivity contribution in [1.29, 1.82) is 0 Å². The molecule has 0 bridgehead atoms. The van der Waals surface area contributed by atoms with Gasteiger partial charge in [0, 0.05) is 17.0 Å². The Balaban J connectivity index is 1.83. The van der Waals surface area contributed by atoms with Crippen LogP contribution >= 0.6 is 11.8 Å². The predicted octanol–water partition coefficient (Wildman–Crippen LogP) is 2.00. The molecule has 0 radical (unpaired) electrons. The number of fused-ring (bicyclic) bond motifs is 1. The highest BCUT2D eigenvalue weighted by atomic mass is 32.2. The van der Waals surface area contributed by atoms with Crippen LogP contribution in [0.2, 0.25) is 0 Å². The molecule has 1 saturated carbocycles. The average molecular weight is 459 g/mol. The quantitative estimate of drug-likeness (QED) is 0.567. The van der Waals surface area contributed by atoms with Gasteiger partial charge in [0.2, 0.25) is 5.91 Å². The first kappa shape index (κ1) is 22.2. The van der Waals surface area contributed by atoms with Gasteiger partial charge in [-0.05, 0) is 56.2 Å². The molecule has 1 aromatic carbocycles. The normalized spacial score (nSPS) is 18.6. The molecule has 0 spiro atoms. The van der Waals surface area contributed by atoms with Crippen molar-refractivity contribution in [3.8, 4) is 5.69 Å². The number of hydrogen-bond donors (Lipinski definition) is 2. The third kappa shape index (κ3) is 4.20. The lowest BCUT2D eigenvalue weighted by Gasteiger charge is -2.30. The Labute approximate surface area is 187 Å². The number of nitrogens with zero attached hydrogens (tertiary/aromatic N) is 3. The standard InChI is InChI=1S/C22H23FN4O4S/c1-32-17-4-2-3-16(10-17)26-20-18(9-13(23)11-24-20)21(30)27(22(26)31)15-7-5-14(6-8-15)25-19(29)12-28/h2-4,9-11,14-15,28H,5-8,12H2,1H3,(H,25,29)/t14-,15+. The van der Waals surface area contributed by atoms with E-state index < -0.39 is 29.6 Å². The first-order valence-electron chi connectivity index (χ1n) is 10.3. The number of aromatic nitrogens is 3. The number of carbonyl (C=O) groups excluding carboxylic acids is 1. The summed E-state index contributed by atoms with van der Waals surface area (Å²) in [4.78, 5) is 43.3. The minimum absolute atomic E-state index is 0.0369. The Bertz CT molecular complexity index is 1280. The molecule has 0 atom stereocenters. The zero-order valence-corrected chi connectivity index (χ0v) is 18.3. The van der Waals surface area contributed by atoms with Gasteiger partial charge in [-0.3, -0.25) is 14.2 Å². The van der Waals surface area contributed by atoms with Crippen LogP contribution < -0.4 is 16.6 Å². The molecule has 8 nitrogen and oxygen atoms in total. The number of amides is 1. The molecule has 1 aliphatic rings. The molecule has 2 heterocycles. The van der Waals surface area contributed by atoms with Gasteiger partial charge in [-0.2, -0.15) is 0 Å². The smallest absolute Gasteiger partial charge is 0.337 e. The molecule has 3 aromatic rings. The van der Waals surface area contributed by atoms with Crippen LogP contribution in [-0.2, 0) is 4.79 Å². The molecule has 32 heavy (non-hydrogen) atoms. The second kappa shape index (κ2) is 9.25. The summed E-state index contributed by atoms with van der Waals surface area (Å²) in [5.41, 5.74) is -0.441. The first-order chi connectivity index (χ1) is 15.4. The highest BCUT2D eigenvalue weighted by molar-refractivity contribution is 7.98. The number of thioether (sulfide) groups is 1. The maximum absolute atomic E-state index is 14.0. The fourth-order valence-corrected chi connectivity index (χ4v) is 4.69. The van der Waals surface area contributed by atoms with Crippen molar-refractivity contribution in [2.45, 2.75) is 42.7 Å². The van der Waals surface area contributed by atoms with Crippen molar-refractivity contribution in [3.05, 3.63) is 63.2 Å². The third-order valence-electron chi connectivity index (χ3n) is 5.77. The molecular weight excluding hydrogens is 435 g/mol. The van der Waals surface area contributed by atoms with Crippen molar-refractivity contribution < 1.29 is 14.3 Å². The fraction of sp³-hybridized carbons (Fsp3) is 0.364. The summed E-state index contributed by atoms with van der Waals surface area (Å²) in [7, 11) is 0. The summed E-state index contributed by atoms with van der Waals surface area (Å²) in [6.45, 7) is -0.581. The second-order valence-electron chi connectivity index (χ2n) is 7.75. The van der Waals surface area contributed by atoms with Gasteiger partial charge in [0.15, 0.2) is 5.65 Å². The van der Waals surface area contributed by atoms with Crippen molar-refractivity contribution in [3.63, 3.8) is 0 Å². The van der Waals surface area contributed by atoms with Gasteiger partial charge in [-0.15, -0.1) is 11.8 Å². The molecular formula is C22H23FN4O4S. The Morgan fingerprint density at radius 3 is 2.69 bits per heavy atom. The number of nitrogens with one attached hydrogen (secondary N) is 1. The molecule has 4 rings (SSSR count). The summed E-state index contributed by atoms with van der Waals surface area (Å²) in [5, 5.41) is 11.7. The van der Waals surface area contributed by atoms with E-state index in [0.717, 1.165) is 17.2 Å². The number of aliphatic hydroxyl groups is 1. The van der Waals surface area contributed by atoms with E-state index in [1.807, 2.05) is 24.5 Å². The highest BCUT2D eigenvalue weighted by Gasteiger charge is 2.27. The highest BCUT2D eigenvalue weighted by Crippen LogP contribution is 2.27. The van der Waals surface area contributed by atoms with E-state index in [9.17, 15) is 18.8 Å². The van der Waals surface area contributed by atoms with E-state index in [1.54, 1.807) is 6.07 Å². The van der Waals surface area contributed by atoms with Crippen LogP contribution in [0.15, 0.2) is 51.0 Å². The molecule has 0 aliphatic heterocycles. The average Bonchev–Trinajstić information content (AvgIpc) is 2.80. The van der Waals surface area contributed by atoms with E-state index in [2.05, 4.69) is 10.3 Å².